The molecule has 0 aliphatic rings. The zero-order valence-electron chi connectivity index (χ0n) is 9.00. The number of para-hydroxylation sites is 1. The maximum Gasteiger partial charge on any atom is 0.308 e. The minimum absolute atomic E-state index is 0.255. The van der Waals surface area contributed by atoms with Gasteiger partial charge in [0.1, 0.15) is 0 Å². The van der Waals surface area contributed by atoms with E-state index in [0.29, 0.717) is 15.7 Å². The summed E-state index contributed by atoms with van der Waals surface area (Å²) >= 11 is 11.9. The molecule has 3 nitrogen and oxygen atoms in total. The molecule has 1 aromatic carbocycles. The molecule has 0 saturated heterocycles. The molecule has 0 fully saturated rings. The maximum absolute atomic E-state index is 10.8. The van der Waals surface area contributed by atoms with E-state index in [0.717, 1.165) is 0 Å². The summed E-state index contributed by atoms with van der Waals surface area (Å²) in [5.74, 6) is -1.38. The van der Waals surface area contributed by atoms with Gasteiger partial charge in [0, 0.05) is 6.04 Å². The van der Waals surface area contributed by atoms with Crippen molar-refractivity contribution in [3.05, 3.63) is 28.2 Å². The van der Waals surface area contributed by atoms with Crippen molar-refractivity contribution in [1.29, 1.82) is 0 Å². The molecular formula is C11H13Cl2NO2. The summed E-state index contributed by atoms with van der Waals surface area (Å²) in [6, 6.07) is 4.89. The topological polar surface area (TPSA) is 49.3 Å². The van der Waals surface area contributed by atoms with Gasteiger partial charge < -0.3 is 10.4 Å². The third-order valence-electron chi connectivity index (χ3n) is 2.47. The first-order valence-corrected chi connectivity index (χ1v) is 5.62. The molecule has 0 amide bonds. The quantitative estimate of drug-likeness (QED) is 0.872. The Balaban J connectivity index is 2.84. The first kappa shape index (κ1) is 13.1. The highest BCUT2D eigenvalue weighted by Crippen LogP contribution is 2.31. The fraction of sp³-hybridized carbons (Fsp3) is 0.364. The zero-order valence-corrected chi connectivity index (χ0v) is 10.5. The third kappa shape index (κ3) is 3.03. The number of carboxylic acid groups (broad SMARTS) is 1. The van der Waals surface area contributed by atoms with E-state index in [4.69, 9.17) is 28.3 Å². The van der Waals surface area contributed by atoms with Gasteiger partial charge in [-0.25, -0.2) is 0 Å². The van der Waals surface area contributed by atoms with Crippen LogP contribution in [0.2, 0.25) is 10.0 Å². The zero-order chi connectivity index (χ0) is 12.3. The van der Waals surface area contributed by atoms with Gasteiger partial charge in [0.15, 0.2) is 0 Å². The smallest absolute Gasteiger partial charge is 0.308 e. The van der Waals surface area contributed by atoms with E-state index in [1.54, 1.807) is 32.0 Å². The first-order chi connectivity index (χ1) is 7.43. The molecule has 2 N–H and O–H groups in total. The molecular weight excluding hydrogens is 249 g/mol. The van der Waals surface area contributed by atoms with Crippen molar-refractivity contribution in [1.82, 2.24) is 0 Å². The molecule has 0 bridgehead atoms. The molecule has 0 spiro atoms. The van der Waals surface area contributed by atoms with Crippen molar-refractivity contribution in [2.24, 2.45) is 5.92 Å². The van der Waals surface area contributed by atoms with Gasteiger partial charge in [-0.15, -0.1) is 0 Å². The largest absolute Gasteiger partial charge is 0.481 e. The van der Waals surface area contributed by atoms with Crippen LogP contribution >= 0.6 is 23.2 Å². The summed E-state index contributed by atoms with van der Waals surface area (Å²) in [6.45, 7) is 3.41. The van der Waals surface area contributed by atoms with Crippen LogP contribution < -0.4 is 5.32 Å². The fourth-order valence-corrected chi connectivity index (χ4v) is 1.71. The number of halogens is 2. The predicted molar refractivity (Wildman–Crippen MR) is 66.3 cm³/mol. The summed E-state index contributed by atoms with van der Waals surface area (Å²) in [7, 11) is 0. The van der Waals surface area contributed by atoms with Crippen molar-refractivity contribution < 1.29 is 9.90 Å². The van der Waals surface area contributed by atoms with Gasteiger partial charge in [-0.1, -0.05) is 29.3 Å². The molecule has 5 heteroatoms. The van der Waals surface area contributed by atoms with Crippen LogP contribution in [0.4, 0.5) is 5.69 Å². The molecule has 0 aliphatic carbocycles. The number of benzene rings is 1. The second kappa shape index (κ2) is 5.41. The molecule has 1 aromatic rings. The molecule has 2 atom stereocenters. The molecule has 0 aromatic heterocycles. The van der Waals surface area contributed by atoms with Crippen LogP contribution in [-0.4, -0.2) is 17.1 Å². The Morgan fingerprint density at radius 2 is 1.81 bits per heavy atom. The third-order valence-corrected chi connectivity index (χ3v) is 3.10. The summed E-state index contributed by atoms with van der Waals surface area (Å²) in [4.78, 5) is 10.8. The van der Waals surface area contributed by atoms with Crippen LogP contribution in [0.1, 0.15) is 13.8 Å². The highest BCUT2D eigenvalue weighted by Gasteiger charge is 2.20. The van der Waals surface area contributed by atoms with Gasteiger partial charge in [0.05, 0.1) is 21.7 Å². The van der Waals surface area contributed by atoms with Crippen molar-refractivity contribution >= 4 is 34.9 Å². The van der Waals surface area contributed by atoms with Crippen LogP contribution in [0.15, 0.2) is 18.2 Å². The Labute approximate surface area is 104 Å². The van der Waals surface area contributed by atoms with Crippen LogP contribution in [0.3, 0.4) is 0 Å². The summed E-state index contributed by atoms with van der Waals surface area (Å²) in [5, 5.41) is 12.8. The maximum atomic E-state index is 10.8. The number of nitrogens with one attached hydrogen (secondary N) is 1. The monoisotopic (exact) mass is 261 g/mol. The molecule has 0 radical (unpaired) electrons. The van der Waals surface area contributed by atoms with Crippen molar-refractivity contribution in [3.8, 4) is 0 Å². The number of hydrogen-bond donors (Lipinski definition) is 2. The molecule has 2 unspecified atom stereocenters. The van der Waals surface area contributed by atoms with E-state index in [9.17, 15) is 4.79 Å². The molecule has 0 heterocycles. The number of anilines is 1. The Kier molecular flexibility index (Phi) is 4.44. The van der Waals surface area contributed by atoms with E-state index < -0.39 is 11.9 Å². The average Bonchev–Trinajstić information content (AvgIpc) is 2.22. The molecule has 16 heavy (non-hydrogen) atoms. The number of hydrogen-bond acceptors (Lipinski definition) is 2. The van der Waals surface area contributed by atoms with Gasteiger partial charge in [0.25, 0.3) is 0 Å². The average molecular weight is 262 g/mol. The highest BCUT2D eigenvalue weighted by molar-refractivity contribution is 6.39. The normalized spacial score (nSPS) is 14.2. The Morgan fingerprint density at radius 1 is 1.31 bits per heavy atom. The molecule has 1 rings (SSSR count). The summed E-state index contributed by atoms with van der Waals surface area (Å²) in [6.07, 6.45) is 0. The van der Waals surface area contributed by atoms with E-state index in [2.05, 4.69) is 5.32 Å². The van der Waals surface area contributed by atoms with Crippen molar-refractivity contribution in [3.63, 3.8) is 0 Å². The Morgan fingerprint density at radius 3 is 2.25 bits per heavy atom. The number of carbonyl (C=O) groups is 1. The van der Waals surface area contributed by atoms with E-state index in [1.165, 1.54) is 0 Å². The van der Waals surface area contributed by atoms with E-state index in [-0.39, 0.29) is 6.04 Å². The van der Waals surface area contributed by atoms with Gasteiger partial charge in [-0.2, -0.15) is 0 Å². The molecule has 0 saturated carbocycles. The van der Waals surface area contributed by atoms with Crippen LogP contribution in [-0.2, 0) is 4.79 Å². The first-order valence-electron chi connectivity index (χ1n) is 4.87. The second-order valence-corrected chi connectivity index (χ2v) is 4.47. The molecule has 0 aliphatic heterocycles. The minimum atomic E-state index is -0.858. The number of rotatable bonds is 4. The number of aliphatic carboxylic acids is 1. The van der Waals surface area contributed by atoms with Crippen molar-refractivity contribution in [2.45, 2.75) is 19.9 Å². The SMILES string of the molecule is CC(Nc1c(Cl)cccc1Cl)C(C)C(=O)O. The Hall–Kier alpha value is -0.930. The summed E-state index contributed by atoms with van der Waals surface area (Å²) in [5.41, 5.74) is 0.575. The van der Waals surface area contributed by atoms with Crippen LogP contribution in [0.5, 0.6) is 0 Å². The van der Waals surface area contributed by atoms with Gasteiger partial charge in [-0.05, 0) is 26.0 Å². The lowest BCUT2D eigenvalue weighted by Gasteiger charge is -2.20. The Bertz CT molecular complexity index is 375. The second-order valence-electron chi connectivity index (χ2n) is 3.66. The lowest BCUT2D eigenvalue weighted by atomic mass is 10.0. The summed E-state index contributed by atoms with van der Waals surface area (Å²) < 4.78 is 0. The van der Waals surface area contributed by atoms with Gasteiger partial charge >= 0.3 is 5.97 Å². The highest BCUT2D eigenvalue weighted by atomic mass is 35.5. The van der Waals surface area contributed by atoms with E-state index in [1.807, 2.05) is 0 Å². The van der Waals surface area contributed by atoms with E-state index >= 15 is 0 Å². The van der Waals surface area contributed by atoms with Gasteiger partial charge in [0.2, 0.25) is 0 Å². The van der Waals surface area contributed by atoms with Crippen molar-refractivity contribution in [2.75, 3.05) is 5.32 Å². The minimum Gasteiger partial charge on any atom is -0.481 e. The van der Waals surface area contributed by atoms with Crippen LogP contribution in [0.25, 0.3) is 0 Å². The number of carboxylic acids is 1. The fourth-order valence-electron chi connectivity index (χ4n) is 1.20. The van der Waals surface area contributed by atoms with Crippen LogP contribution in [0, 0.1) is 5.92 Å². The predicted octanol–water partition coefficient (Wildman–Crippen LogP) is 3.51. The molecule has 88 valence electrons. The lowest BCUT2D eigenvalue weighted by molar-refractivity contribution is -0.141. The standard InChI is InChI=1S/C11H13Cl2NO2/c1-6(11(15)16)7(2)14-10-8(12)4-3-5-9(10)13/h3-7,14H,1-2H3,(H,15,16). The van der Waals surface area contributed by atoms with Gasteiger partial charge in [-0.3, -0.25) is 4.79 Å². The lowest BCUT2D eigenvalue weighted by Crippen LogP contribution is -2.29.